The average molecular weight is 223 g/mol. The summed E-state index contributed by atoms with van der Waals surface area (Å²) in [6, 6.07) is 4.61. The van der Waals surface area contributed by atoms with Crippen LogP contribution in [0.5, 0.6) is 11.5 Å². The molecule has 1 aromatic rings. The fourth-order valence-electron chi connectivity index (χ4n) is 1.94. The molecule has 0 bridgehead atoms. The molecule has 1 fully saturated rings. The molecule has 4 heteroatoms. The van der Waals surface area contributed by atoms with Gasteiger partial charge in [-0.1, -0.05) is 0 Å². The van der Waals surface area contributed by atoms with Crippen molar-refractivity contribution in [3.63, 3.8) is 0 Å². The number of nitrogens with one attached hydrogen (secondary N) is 1. The van der Waals surface area contributed by atoms with Gasteiger partial charge in [-0.2, -0.15) is 0 Å². The molecule has 0 amide bonds. The molecule has 0 spiro atoms. The Morgan fingerprint density at radius 1 is 1.25 bits per heavy atom. The van der Waals surface area contributed by atoms with E-state index in [1.807, 2.05) is 0 Å². The van der Waals surface area contributed by atoms with Crippen LogP contribution in [-0.4, -0.2) is 29.5 Å². The standard InChI is InChI=1S/C12H17NO3/c14-10-4-9(5-11(15)6-10)7-13-8-12-2-1-3-16-12/h4-6,12-15H,1-3,7-8H2. The van der Waals surface area contributed by atoms with Gasteiger partial charge in [0.25, 0.3) is 0 Å². The Kier molecular flexibility index (Phi) is 3.64. The minimum atomic E-state index is 0.0916. The number of benzene rings is 1. The monoisotopic (exact) mass is 223 g/mol. The second-order valence-corrected chi connectivity index (χ2v) is 4.12. The van der Waals surface area contributed by atoms with Crippen LogP contribution in [0.4, 0.5) is 0 Å². The van der Waals surface area contributed by atoms with Crippen LogP contribution < -0.4 is 5.32 Å². The van der Waals surface area contributed by atoms with Gasteiger partial charge in [0, 0.05) is 25.8 Å². The van der Waals surface area contributed by atoms with Crippen molar-refractivity contribution in [1.82, 2.24) is 5.32 Å². The van der Waals surface area contributed by atoms with E-state index >= 15 is 0 Å². The van der Waals surface area contributed by atoms with Gasteiger partial charge < -0.3 is 20.3 Å². The van der Waals surface area contributed by atoms with Crippen molar-refractivity contribution in [3.05, 3.63) is 23.8 Å². The molecule has 4 nitrogen and oxygen atoms in total. The first-order valence-electron chi connectivity index (χ1n) is 5.58. The van der Waals surface area contributed by atoms with Crippen LogP contribution in [0.15, 0.2) is 18.2 Å². The molecule has 1 aromatic carbocycles. The van der Waals surface area contributed by atoms with Crippen molar-refractivity contribution in [2.45, 2.75) is 25.5 Å². The molecular formula is C12H17NO3. The van der Waals surface area contributed by atoms with Crippen molar-refractivity contribution in [1.29, 1.82) is 0 Å². The summed E-state index contributed by atoms with van der Waals surface area (Å²) in [7, 11) is 0. The van der Waals surface area contributed by atoms with Gasteiger partial charge in [0.05, 0.1) is 6.10 Å². The van der Waals surface area contributed by atoms with E-state index in [-0.39, 0.29) is 11.5 Å². The molecule has 2 rings (SSSR count). The topological polar surface area (TPSA) is 61.7 Å². The maximum absolute atomic E-state index is 9.29. The number of ether oxygens (including phenoxy) is 1. The lowest BCUT2D eigenvalue weighted by Crippen LogP contribution is -2.25. The zero-order valence-electron chi connectivity index (χ0n) is 9.15. The Morgan fingerprint density at radius 2 is 2.00 bits per heavy atom. The first-order valence-corrected chi connectivity index (χ1v) is 5.58. The van der Waals surface area contributed by atoms with Crippen molar-refractivity contribution >= 4 is 0 Å². The summed E-state index contributed by atoms with van der Waals surface area (Å²) in [6.07, 6.45) is 2.56. The molecule has 1 heterocycles. The molecule has 1 saturated heterocycles. The minimum absolute atomic E-state index is 0.0916. The van der Waals surface area contributed by atoms with Gasteiger partial charge in [-0.05, 0) is 30.5 Å². The molecule has 0 saturated carbocycles. The van der Waals surface area contributed by atoms with Gasteiger partial charge in [-0.25, -0.2) is 0 Å². The second-order valence-electron chi connectivity index (χ2n) is 4.12. The molecule has 16 heavy (non-hydrogen) atoms. The lowest BCUT2D eigenvalue weighted by atomic mass is 10.2. The van der Waals surface area contributed by atoms with Crippen molar-refractivity contribution in [2.75, 3.05) is 13.2 Å². The highest BCUT2D eigenvalue weighted by Crippen LogP contribution is 2.20. The smallest absolute Gasteiger partial charge is 0.119 e. The summed E-state index contributed by atoms with van der Waals surface area (Å²) in [6.45, 7) is 2.30. The summed E-state index contributed by atoms with van der Waals surface area (Å²) in [5.74, 6) is 0.183. The highest BCUT2D eigenvalue weighted by atomic mass is 16.5. The van der Waals surface area contributed by atoms with E-state index in [0.29, 0.717) is 12.6 Å². The Hall–Kier alpha value is -1.26. The van der Waals surface area contributed by atoms with E-state index in [1.54, 1.807) is 12.1 Å². The van der Waals surface area contributed by atoms with Gasteiger partial charge in [-0.15, -0.1) is 0 Å². The highest BCUT2D eigenvalue weighted by molar-refractivity contribution is 5.36. The minimum Gasteiger partial charge on any atom is -0.508 e. The Morgan fingerprint density at radius 3 is 2.62 bits per heavy atom. The van der Waals surface area contributed by atoms with Crippen LogP contribution in [0.1, 0.15) is 18.4 Å². The molecule has 0 aliphatic carbocycles. The molecule has 1 unspecified atom stereocenters. The number of hydrogen-bond donors (Lipinski definition) is 3. The maximum atomic E-state index is 9.29. The van der Waals surface area contributed by atoms with E-state index in [4.69, 9.17) is 4.74 Å². The molecular weight excluding hydrogens is 206 g/mol. The van der Waals surface area contributed by atoms with Crippen LogP contribution in [0.2, 0.25) is 0 Å². The van der Waals surface area contributed by atoms with Crippen LogP contribution >= 0.6 is 0 Å². The van der Waals surface area contributed by atoms with Crippen LogP contribution in [0, 0.1) is 0 Å². The number of aromatic hydroxyl groups is 2. The fraction of sp³-hybridized carbons (Fsp3) is 0.500. The highest BCUT2D eigenvalue weighted by Gasteiger charge is 2.14. The van der Waals surface area contributed by atoms with Crippen LogP contribution in [0.25, 0.3) is 0 Å². The van der Waals surface area contributed by atoms with Gasteiger partial charge in [0.2, 0.25) is 0 Å². The summed E-state index contributed by atoms with van der Waals surface area (Å²) in [5, 5.41) is 21.8. The number of phenols is 2. The van der Waals surface area contributed by atoms with E-state index in [9.17, 15) is 10.2 Å². The summed E-state index contributed by atoms with van der Waals surface area (Å²) < 4.78 is 5.48. The summed E-state index contributed by atoms with van der Waals surface area (Å²) in [5.41, 5.74) is 0.871. The Labute approximate surface area is 94.9 Å². The molecule has 0 aromatic heterocycles. The quantitative estimate of drug-likeness (QED) is 0.721. The maximum Gasteiger partial charge on any atom is 0.119 e. The lowest BCUT2D eigenvalue weighted by Gasteiger charge is -2.11. The molecule has 1 aliphatic rings. The number of rotatable bonds is 4. The third-order valence-corrected chi connectivity index (χ3v) is 2.69. The molecule has 1 atom stereocenters. The van der Waals surface area contributed by atoms with Gasteiger partial charge in [0.15, 0.2) is 0 Å². The third-order valence-electron chi connectivity index (χ3n) is 2.69. The normalized spacial score (nSPS) is 20.1. The molecule has 0 radical (unpaired) electrons. The average Bonchev–Trinajstić information content (AvgIpc) is 2.69. The number of phenolic OH excluding ortho intramolecular Hbond substituents is 2. The van der Waals surface area contributed by atoms with E-state index in [2.05, 4.69) is 5.32 Å². The second kappa shape index (κ2) is 5.18. The third kappa shape index (κ3) is 3.12. The van der Waals surface area contributed by atoms with E-state index < -0.39 is 0 Å². The zero-order chi connectivity index (χ0) is 11.4. The molecule has 1 aliphatic heterocycles. The van der Waals surface area contributed by atoms with Crippen molar-refractivity contribution < 1.29 is 14.9 Å². The summed E-state index contributed by atoms with van der Waals surface area (Å²) in [4.78, 5) is 0. The Bertz CT molecular complexity index is 328. The van der Waals surface area contributed by atoms with Crippen molar-refractivity contribution in [2.24, 2.45) is 0 Å². The predicted molar refractivity (Wildman–Crippen MR) is 60.5 cm³/mol. The predicted octanol–water partition coefficient (Wildman–Crippen LogP) is 1.37. The van der Waals surface area contributed by atoms with E-state index in [0.717, 1.165) is 31.6 Å². The Balaban J connectivity index is 1.80. The fourth-order valence-corrected chi connectivity index (χ4v) is 1.94. The van der Waals surface area contributed by atoms with Crippen molar-refractivity contribution in [3.8, 4) is 11.5 Å². The van der Waals surface area contributed by atoms with Gasteiger partial charge in [-0.3, -0.25) is 0 Å². The number of hydrogen-bond acceptors (Lipinski definition) is 4. The zero-order valence-corrected chi connectivity index (χ0v) is 9.15. The SMILES string of the molecule is Oc1cc(O)cc(CNCC2CCCO2)c1. The van der Waals surface area contributed by atoms with Crippen LogP contribution in [0.3, 0.4) is 0 Å². The molecule has 88 valence electrons. The van der Waals surface area contributed by atoms with E-state index in [1.165, 1.54) is 6.07 Å². The lowest BCUT2D eigenvalue weighted by molar-refractivity contribution is 0.110. The van der Waals surface area contributed by atoms with Gasteiger partial charge in [0.1, 0.15) is 11.5 Å². The first-order chi connectivity index (χ1) is 7.74. The largest absolute Gasteiger partial charge is 0.508 e. The molecule has 3 N–H and O–H groups in total. The van der Waals surface area contributed by atoms with Crippen LogP contribution in [-0.2, 0) is 11.3 Å². The summed E-state index contributed by atoms with van der Waals surface area (Å²) >= 11 is 0. The van der Waals surface area contributed by atoms with Gasteiger partial charge >= 0.3 is 0 Å². The first kappa shape index (κ1) is 11.2.